The van der Waals surface area contributed by atoms with E-state index in [4.69, 9.17) is 5.11 Å². The van der Waals surface area contributed by atoms with Crippen LogP contribution in [0.25, 0.3) is 0 Å². The quantitative estimate of drug-likeness (QED) is 0.775. The Morgan fingerprint density at radius 3 is 2.11 bits per heavy atom. The van der Waals surface area contributed by atoms with E-state index in [1.165, 1.54) is 13.8 Å². The first-order valence-corrected chi connectivity index (χ1v) is 4.99. The van der Waals surface area contributed by atoms with Crippen LogP contribution in [0.15, 0.2) is 18.2 Å². The van der Waals surface area contributed by atoms with Crippen LogP contribution in [-0.4, -0.2) is 22.6 Å². The summed E-state index contributed by atoms with van der Waals surface area (Å²) < 4.78 is 25.7. The van der Waals surface area contributed by atoms with Crippen LogP contribution in [0.4, 0.5) is 19.3 Å². The Hall–Kier alpha value is -2.18. The average molecular weight is 258 g/mol. The van der Waals surface area contributed by atoms with E-state index in [0.29, 0.717) is 6.07 Å². The highest BCUT2D eigenvalue weighted by Crippen LogP contribution is 2.13. The molecule has 0 aliphatic carbocycles. The van der Waals surface area contributed by atoms with Gasteiger partial charge in [-0.2, -0.15) is 0 Å². The Morgan fingerprint density at radius 1 is 1.17 bits per heavy atom. The van der Waals surface area contributed by atoms with E-state index < -0.39 is 29.2 Å². The number of hydrogen-bond donors (Lipinski definition) is 3. The first-order valence-electron chi connectivity index (χ1n) is 4.99. The van der Waals surface area contributed by atoms with Gasteiger partial charge in [0.1, 0.15) is 17.2 Å². The van der Waals surface area contributed by atoms with Gasteiger partial charge in [-0.1, -0.05) is 0 Å². The number of anilines is 1. The van der Waals surface area contributed by atoms with Crippen LogP contribution in [0, 0.1) is 11.6 Å². The SMILES string of the molecule is CC(C)(NC(=O)Nc1cc(F)cc(F)c1)C(=O)O. The highest BCUT2D eigenvalue weighted by atomic mass is 19.1. The number of carboxylic acid groups (broad SMARTS) is 1. The predicted molar refractivity (Wildman–Crippen MR) is 60.2 cm³/mol. The van der Waals surface area contributed by atoms with E-state index in [1.807, 2.05) is 0 Å². The number of carbonyl (C=O) groups excluding carboxylic acids is 1. The van der Waals surface area contributed by atoms with E-state index in [1.54, 1.807) is 0 Å². The van der Waals surface area contributed by atoms with Crippen LogP contribution >= 0.6 is 0 Å². The molecular formula is C11H12F2N2O3. The van der Waals surface area contributed by atoms with Crippen LogP contribution in [0.1, 0.15) is 13.8 Å². The molecule has 0 bridgehead atoms. The second-order valence-corrected chi connectivity index (χ2v) is 4.17. The summed E-state index contributed by atoms with van der Waals surface area (Å²) in [6, 6.07) is 1.62. The maximum Gasteiger partial charge on any atom is 0.328 e. The van der Waals surface area contributed by atoms with Crippen molar-refractivity contribution in [1.29, 1.82) is 0 Å². The fourth-order valence-electron chi connectivity index (χ4n) is 1.13. The standard InChI is InChI=1S/C11H12F2N2O3/c1-11(2,9(16)17)15-10(18)14-8-4-6(12)3-7(13)5-8/h3-5H,1-2H3,(H,16,17)(H2,14,15,18). The van der Waals surface area contributed by atoms with Crippen molar-refractivity contribution < 1.29 is 23.5 Å². The maximum atomic E-state index is 12.8. The number of benzene rings is 1. The number of halogens is 2. The summed E-state index contributed by atoms with van der Waals surface area (Å²) in [7, 11) is 0. The topological polar surface area (TPSA) is 78.4 Å². The largest absolute Gasteiger partial charge is 0.480 e. The number of aliphatic carboxylic acids is 1. The lowest BCUT2D eigenvalue weighted by atomic mass is 10.1. The van der Waals surface area contributed by atoms with Gasteiger partial charge in [-0.05, 0) is 26.0 Å². The molecule has 0 spiro atoms. The van der Waals surface area contributed by atoms with Crippen molar-refractivity contribution in [1.82, 2.24) is 5.32 Å². The predicted octanol–water partition coefficient (Wildman–Crippen LogP) is 1.95. The number of urea groups is 1. The highest BCUT2D eigenvalue weighted by Gasteiger charge is 2.28. The molecule has 0 aromatic heterocycles. The Bertz CT molecular complexity index is 469. The molecule has 2 amide bonds. The molecule has 1 aromatic carbocycles. The van der Waals surface area contributed by atoms with E-state index in [2.05, 4.69) is 10.6 Å². The molecule has 0 saturated heterocycles. The van der Waals surface area contributed by atoms with Gasteiger partial charge in [0.2, 0.25) is 0 Å². The van der Waals surface area contributed by atoms with E-state index in [0.717, 1.165) is 12.1 Å². The summed E-state index contributed by atoms with van der Waals surface area (Å²) in [4.78, 5) is 22.2. The number of hydrogen-bond acceptors (Lipinski definition) is 2. The molecule has 1 rings (SSSR count). The molecule has 5 nitrogen and oxygen atoms in total. The highest BCUT2D eigenvalue weighted by molar-refractivity contribution is 5.93. The van der Waals surface area contributed by atoms with Gasteiger partial charge in [-0.15, -0.1) is 0 Å². The number of rotatable bonds is 3. The molecule has 1 aromatic rings. The molecule has 0 saturated carbocycles. The third-order valence-corrected chi connectivity index (χ3v) is 2.08. The molecule has 3 N–H and O–H groups in total. The second kappa shape index (κ2) is 4.99. The van der Waals surface area contributed by atoms with Crippen LogP contribution in [0.5, 0.6) is 0 Å². The summed E-state index contributed by atoms with van der Waals surface area (Å²) >= 11 is 0. The third kappa shape index (κ3) is 3.69. The van der Waals surface area contributed by atoms with Gasteiger partial charge in [0, 0.05) is 11.8 Å². The van der Waals surface area contributed by atoms with Crippen molar-refractivity contribution in [2.24, 2.45) is 0 Å². The molecule has 0 radical (unpaired) electrons. The van der Waals surface area contributed by atoms with Gasteiger partial charge >= 0.3 is 12.0 Å². The zero-order chi connectivity index (χ0) is 13.9. The lowest BCUT2D eigenvalue weighted by molar-refractivity contribution is -0.142. The molecule has 0 unspecified atom stereocenters. The van der Waals surface area contributed by atoms with E-state index in [-0.39, 0.29) is 5.69 Å². The minimum absolute atomic E-state index is 0.105. The Labute approximate surface area is 102 Å². The van der Waals surface area contributed by atoms with Crippen LogP contribution < -0.4 is 10.6 Å². The fraction of sp³-hybridized carbons (Fsp3) is 0.273. The van der Waals surface area contributed by atoms with Gasteiger partial charge in [-0.3, -0.25) is 0 Å². The van der Waals surface area contributed by atoms with E-state index >= 15 is 0 Å². The van der Waals surface area contributed by atoms with Gasteiger partial charge in [0.15, 0.2) is 0 Å². The first-order chi connectivity index (χ1) is 8.20. The fourth-order valence-corrected chi connectivity index (χ4v) is 1.13. The number of carbonyl (C=O) groups is 2. The minimum Gasteiger partial charge on any atom is -0.480 e. The monoisotopic (exact) mass is 258 g/mol. The summed E-state index contributed by atoms with van der Waals surface area (Å²) in [5.41, 5.74) is -1.60. The summed E-state index contributed by atoms with van der Waals surface area (Å²) in [5, 5.41) is 13.1. The summed E-state index contributed by atoms with van der Waals surface area (Å²) in [6.07, 6.45) is 0. The number of carboxylic acids is 1. The van der Waals surface area contributed by atoms with Gasteiger partial charge in [0.05, 0.1) is 0 Å². The molecule has 0 fully saturated rings. The molecule has 7 heteroatoms. The Morgan fingerprint density at radius 2 is 1.67 bits per heavy atom. The van der Waals surface area contributed by atoms with Crippen LogP contribution in [0.3, 0.4) is 0 Å². The summed E-state index contributed by atoms with van der Waals surface area (Å²) in [6.45, 7) is 2.56. The molecule has 0 atom stereocenters. The zero-order valence-electron chi connectivity index (χ0n) is 9.75. The molecule has 0 aliphatic heterocycles. The third-order valence-electron chi connectivity index (χ3n) is 2.08. The van der Waals surface area contributed by atoms with Crippen LogP contribution in [0.2, 0.25) is 0 Å². The average Bonchev–Trinajstić information content (AvgIpc) is 2.13. The Balaban J connectivity index is 2.73. The number of nitrogens with one attached hydrogen (secondary N) is 2. The number of amides is 2. The second-order valence-electron chi connectivity index (χ2n) is 4.17. The lowest BCUT2D eigenvalue weighted by Crippen LogP contribution is -2.51. The molecule has 0 aliphatic rings. The molecule has 18 heavy (non-hydrogen) atoms. The van der Waals surface area contributed by atoms with Gasteiger partial charge in [0.25, 0.3) is 0 Å². The molecular weight excluding hydrogens is 246 g/mol. The summed E-state index contributed by atoms with van der Waals surface area (Å²) in [5.74, 6) is -2.92. The Kier molecular flexibility index (Phi) is 3.85. The smallest absolute Gasteiger partial charge is 0.328 e. The lowest BCUT2D eigenvalue weighted by Gasteiger charge is -2.21. The molecule has 0 heterocycles. The van der Waals surface area contributed by atoms with Gasteiger partial charge in [-0.25, -0.2) is 18.4 Å². The van der Waals surface area contributed by atoms with E-state index in [9.17, 15) is 18.4 Å². The van der Waals surface area contributed by atoms with Crippen molar-refractivity contribution >= 4 is 17.7 Å². The zero-order valence-corrected chi connectivity index (χ0v) is 9.75. The van der Waals surface area contributed by atoms with Crippen molar-refractivity contribution in [3.8, 4) is 0 Å². The first kappa shape index (κ1) is 13.9. The maximum absolute atomic E-state index is 12.8. The van der Waals surface area contributed by atoms with Crippen molar-refractivity contribution in [2.45, 2.75) is 19.4 Å². The van der Waals surface area contributed by atoms with Crippen LogP contribution in [-0.2, 0) is 4.79 Å². The minimum atomic E-state index is -1.49. The molecule has 98 valence electrons. The van der Waals surface area contributed by atoms with Crippen molar-refractivity contribution in [2.75, 3.05) is 5.32 Å². The normalized spacial score (nSPS) is 10.9. The van der Waals surface area contributed by atoms with Crippen molar-refractivity contribution in [3.63, 3.8) is 0 Å². The van der Waals surface area contributed by atoms with Gasteiger partial charge < -0.3 is 15.7 Å². The van der Waals surface area contributed by atoms with Crippen molar-refractivity contribution in [3.05, 3.63) is 29.8 Å².